The van der Waals surface area contributed by atoms with E-state index in [1.54, 1.807) is 17.1 Å². The van der Waals surface area contributed by atoms with Crippen molar-refractivity contribution < 1.29 is 33.8 Å². The average molecular weight is 582 g/mol. The minimum absolute atomic E-state index is 0.0464. The van der Waals surface area contributed by atoms with Crippen LogP contribution in [-0.4, -0.2) is 88.2 Å². The van der Waals surface area contributed by atoms with E-state index in [0.717, 1.165) is 5.56 Å². The number of nitrogens with one attached hydrogen (secondary N) is 1. The molecule has 0 saturated carbocycles. The van der Waals surface area contributed by atoms with E-state index in [0.29, 0.717) is 19.3 Å². The number of nitrogens with zero attached hydrogens (tertiary/aromatic N) is 2. The second-order valence-electron chi connectivity index (χ2n) is 12.2. The Balaban J connectivity index is 1.62. The van der Waals surface area contributed by atoms with E-state index in [9.17, 15) is 24.3 Å². The molecule has 0 radical (unpaired) electrons. The highest BCUT2D eigenvalue weighted by atomic mass is 16.5. The lowest BCUT2D eigenvalue weighted by Gasteiger charge is -2.41. The SMILES string of the molecule is C=CCCC(=O)OC[C@H](NC(=O)[C@@H]1[C@H]2C(=O)N(CCO)[C@H](C(=O)N(CC=C)C(C)(C)C)[C@]23CC[C@H]1O3)c1ccccc1. The van der Waals surface area contributed by atoms with Crippen molar-refractivity contribution in [2.24, 2.45) is 11.8 Å². The number of aliphatic hydroxyl groups is 1. The number of ether oxygens (including phenoxy) is 2. The van der Waals surface area contributed by atoms with Crippen LogP contribution >= 0.6 is 0 Å². The molecule has 6 atom stereocenters. The van der Waals surface area contributed by atoms with E-state index in [1.807, 2.05) is 51.1 Å². The summed E-state index contributed by atoms with van der Waals surface area (Å²) in [5, 5.41) is 12.9. The van der Waals surface area contributed by atoms with Crippen molar-refractivity contribution in [1.82, 2.24) is 15.1 Å². The van der Waals surface area contributed by atoms with Gasteiger partial charge in [-0.15, -0.1) is 13.2 Å². The molecule has 2 bridgehead atoms. The summed E-state index contributed by atoms with van der Waals surface area (Å²) in [7, 11) is 0. The zero-order valence-electron chi connectivity index (χ0n) is 24.8. The van der Waals surface area contributed by atoms with Crippen LogP contribution in [0.5, 0.6) is 0 Å². The van der Waals surface area contributed by atoms with Gasteiger partial charge in [-0.25, -0.2) is 0 Å². The smallest absolute Gasteiger partial charge is 0.306 e. The monoisotopic (exact) mass is 581 g/mol. The summed E-state index contributed by atoms with van der Waals surface area (Å²) in [5.74, 6) is -3.18. The van der Waals surface area contributed by atoms with Gasteiger partial charge in [-0.3, -0.25) is 19.2 Å². The number of aliphatic hydroxyl groups excluding tert-OH is 1. The largest absolute Gasteiger partial charge is 0.463 e. The first-order chi connectivity index (χ1) is 20.0. The predicted molar refractivity (Wildman–Crippen MR) is 156 cm³/mol. The summed E-state index contributed by atoms with van der Waals surface area (Å²) in [6.07, 6.45) is 4.37. The lowest BCUT2D eigenvalue weighted by Crippen LogP contribution is -2.60. The van der Waals surface area contributed by atoms with Gasteiger partial charge in [0.2, 0.25) is 17.7 Å². The number of benzene rings is 1. The van der Waals surface area contributed by atoms with Crippen LogP contribution in [0.3, 0.4) is 0 Å². The lowest BCUT2D eigenvalue weighted by atomic mass is 9.70. The van der Waals surface area contributed by atoms with Crippen LogP contribution in [0.15, 0.2) is 55.6 Å². The molecule has 1 aromatic rings. The molecular formula is C32H43N3O7. The van der Waals surface area contributed by atoms with Crippen molar-refractivity contribution >= 4 is 23.7 Å². The molecule has 42 heavy (non-hydrogen) atoms. The molecule has 2 N–H and O–H groups in total. The van der Waals surface area contributed by atoms with E-state index < -0.39 is 53.0 Å². The Morgan fingerprint density at radius 2 is 1.95 bits per heavy atom. The number of β-amino-alcohol motifs (C(OH)–C–C–N with tert-alkyl or cyclic N) is 1. The first kappa shape index (κ1) is 31.4. The number of hydrogen-bond acceptors (Lipinski definition) is 7. The third kappa shape index (κ3) is 5.87. The third-order valence-corrected chi connectivity index (χ3v) is 8.55. The first-order valence-corrected chi connectivity index (χ1v) is 14.6. The molecule has 0 aliphatic carbocycles. The molecule has 3 heterocycles. The molecule has 4 rings (SSSR count). The topological polar surface area (TPSA) is 125 Å². The number of fused-ring (bicyclic) bond motifs is 1. The number of likely N-dealkylation sites (tertiary alicyclic amines) is 1. The van der Waals surface area contributed by atoms with Gasteiger partial charge in [0.05, 0.1) is 30.6 Å². The number of esters is 1. The molecule has 10 nitrogen and oxygen atoms in total. The fourth-order valence-corrected chi connectivity index (χ4v) is 6.69. The standard InChI is InChI=1S/C32H43N3O7/c1-6-8-14-24(37)41-20-22(21-12-10-9-11-13-21)33-28(38)25-23-15-16-32(42-23)26(25)29(39)34(18-19-36)27(32)30(40)35(17-7-2)31(3,4)5/h6-7,9-13,22-23,25-27,36H,1-2,8,14-20H2,3-5H3,(H,33,38)/t22-,23+,25-,26-,27+,32-/m0/s1. The van der Waals surface area contributed by atoms with E-state index in [4.69, 9.17) is 9.47 Å². The van der Waals surface area contributed by atoms with Gasteiger partial charge in [0, 0.05) is 25.0 Å². The molecule has 1 aromatic carbocycles. The Morgan fingerprint density at radius 3 is 2.57 bits per heavy atom. The van der Waals surface area contributed by atoms with E-state index in [2.05, 4.69) is 18.5 Å². The number of carbonyl (C=O) groups excluding carboxylic acids is 4. The van der Waals surface area contributed by atoms with Gasteiger partial charge in [0.15, 0.2) is 0 Å². The number of hydrogen-bond donors (Lipinski definition) is 2. The fraction of sp³-hybridized carbons (Fsp3) is 0.562. The Labute approximate surface area is 247 Å². The van der Waals surface area contributed by atoms with Gasteiger partial charge in [-0.05, 0) is 45.6 Å². The number of rotatable bonds is 13. The molecule has 3 saturated heterocycles. The van der Waals surface area contributed by atoms with Gasteiger partial charge < -0.3 is 29.7 Å². The van der Waals surface area contributed by atoms with Crippen molar-refractivity contribution in [2.45, 2.75) is 75.8 Å². The number of amides is 3. The van der Waals surface area contributed by atoms with Crippen molar-refractivity contribution in [1.29, 1.82) is 0 Å². The average Bonchev–Trinajstić information content (AvgIpc) is 3.60. The second-order valence-corrected chi connectivity index (χ2v) is 12.2. The molecule has 0 aromatic heterocycles. The zero-order chi connectivity index (χ0) is 30.7. The molecule has 3 aliphatic rings. The molecule has 3 fully saturated rings. The molecule has 228 valence electrons. The van der Waals surface area contributed by atoms with Crippen LogP contribution in [0.1, 0.15) is 58.1 Å². The van der Waals surface area contributed by atoms with E-state index in [1.165, 1.54) is 4.90 Å². The molecule has 0 unspecified atom stereocenters. The fourth-order valence-electron chi connectivity index (χ4n) is 6.69. The maximum absolute atomic E-state index is 14.2. The highest BCUT2D eigenvalue weighted by Gasteiger charge is 2.74. The Morgan fingerprint density at radius 1 is 1.24 bits per heavy atom. The maximum atomic E-state index is 14.2. The van der Waals surface area contributed by atoms with Crippen LogP contribution < -0.4 is 5.32 Å². The van der Waals surface area contributed by atoms with Gasteiger partial charge in [-0.1, -0.05) is 42.5 Å². The van der Waals surface area contributed by atoms with Gasteiger partial charge in [0.25, 0.3) is 0 Å². The van der Waals surface area contributed by atoms with Crippen LogP contribution in [0, 0.1) is 11.8 Å². The quantitative estimate of drug-likeness (QED) is 0.271. The van der Waals surface area contributed by atoms with Gasteiger partial charge >= 0.3 is 5.97 Å². The molecule has 3 aliphatic heterocycles. The summed E-state index contributed by atoms with van der Waals surface area (Å²) in [5.41, 5.74) is -0.993. The third-order valence-electron chi connectivity index (χ3n) is 8.55. The number of allylic oxidation sites excluding steroid dienone is 1. The minimum atomic E-state index is -1.18. The van der Waals surface area contributed by atoms with Crippen molar-refractivity contribution in [3.63, 3.8) is 0 Å². The van der Waals surface area contributed by atoms with Gasteiger partial charge in [-0.2, -0.15) is 0 Å². The Hall–Kier alpha value is -3.50. The van der Waals surface area contributed by atoms with Crippen LogP contribution in [0.2, 0.25) is 0 Å². The van der Waals surface area contributed by atoms with Crippen molar-refractivity contribution in [3.8, 4) is 0 Å². The second kappa shape index (κ2) is 12.8. The lowest BCUT2D eigenvalue weighted by molar-refractivity contribution is -0.152. The summed E-state index contributed by atoms with van der Waals surface area (Å²) in [6, 6.07) is 7.56. The first-order valence-electron chi connectivity index (χ1n) is 14.6. The molecule has 1 spiro atoms. The highest BCUT2D eigenvalue weighted by Crippen LogP contribution is 2.58. The van der Waals surface area contributed by atoms with Crippen LogP contribution in [-0.2, 0) is 28.7 Å². The van der Waals surface area contributed by atoms with E-state index >= 15 is 0 Å². The minimum Gasteiger partial charge on any atom is -0.463 e. The summed E-state index contributed by atoms with van der Waals surface area (Å²) >= 11 is 0. The molecular weight excluding hydrogens is 538 g/mol. The molecule has 3 amide bonds. The highest BCUT2D eigenvalue weighted by molar-refractivity contribution is 5.99. The van der Waals surface area contributed by atoms with Gasteiger partial charge in [0.1, 0.15) is 18.2 Å². The number of carbonyl (C=O) groups is 4. The zero-order valence-corrected chi connectivity index (χ0v) is 24.8. The normalized spacial score (nSPS) is 26.9. The van der Waals surface area contributed by atoms with Crippen molar-refractivity contribution in [3.05, 3.63) is 61.2 Å². The van der Waals surface area contributed by atoms with E-state index in [-0.39, 0.29) is 44.5 Å². The molecule has 10 heteroatoms. The Bertz CT molecular complexity index is 1200. The van der Waals surface area contributed by atoms with Crippen LogP contribution in [0.4, 0.5) is 0 Å². The van der Waals surface area contributed by atoms with Crippen molar-refractivity contribution in [2.75, 3.05) is 26.3 Å². The van der Waals surface area contributed by atoms with Crippen LogP contribution in [0.25, 0.3) is 0 Å². The summed E-state index contributed by atoms with van der Waals surface area (Å²) in [4.78, 5) is 57.4. The Kier molecular flexibility index (Phi) is 9.57. The summed E-state index contributed by atoms with van der Waals surface area (Å²) < 4.78 is 12.0. The maximum Gasteiger partial charge on any atom is 0.306 e. The summed E-state index contributed by atoms with van der Waals surface area (Å²) in [6.45, 7) is 13.0. The predicted octanol–water partition coefficient (Wildman–Crippen LogP) is 2.53.